The van der Waals surface area contributed by atoms with Gasteiger partial charge in [-0.15, -0.1) is 0 Å². The zero-order chi connectivity index (χ0) is 19.4. The zero-order valence-electron chi connectivity index (χ0n) is 15.3. The Morgan fingerprint density at radius 3 is 2.22 bits per heavy atom. The maximum absolute atomic E-state index is 11.7. The quantitative estimate of drug-likeness (QED) is 0.454. The van der Waals surface area contributed by atoms with E-state index in [0.717, 1.165) is 11.4 Å². The van der Waals surface area contributed by atoms with E-state index in [9.17, 15) is 14.9 Å². The van der Waals surface area contributed by atoms with E-state index in [4.69, 9.17) is 4.74 Å². The minimum absolute atomic E-state index is 0.0939. The zero-order valence-corrected chi connectivity index (χ0v) is 15.3. The largest absolute Gasteiger partial charge is 0.495 e. The number of esters is 1. The third kappa shape index (κ3) is 3.79. The number of nitrogens with zero attached hydrogens (tertiary/aromatic N) is 3. The van der Waals surface area contributed by atoms with Gasteiger partial charge in [-0.1, -0.05) is 12.1 Å². The summed E-state index contributed by atoms with van der Waals surface area (Å²) in [4.78, 5) is 26.9. The van der Waals surface area contributed by atoms with Gasteiger partial charge in [0.15, 0.2) is 0 Å². The summed E-state index contributed by atoms with van der Waals surface area (Å²) in [5, 5.41) is 11.5. The lowest BCUT2D eigenvalue weighted by Gasteiger charge is -2.37. The summed E-state index contributed by atoms with van der Waals surface area (Å²) in [6, 6.07) is 12.2. The van der Waals surface area contributed by atoms with Crippen molar-refractivity contribution >= 4 is 23.0 Å². The molecule has 0 aliphatic carbocycles. The van der Waals surface area contributed by atoms with Crippen LogP contribution in [-0.4, -0.2) is 51.3 Å². The Labute approximate surface area is 157 Å². The monoisotopic (exact) mass is 371 g/mol. The highest BCUT2D eigenvalue weighted by atomic mass is 16.6. The molecule has 1 aliphatic heterocycles. The molecule has 0 atom stereocenters. The fourth-order valence-corrected chi connectivity index (χ4v) is 3.26. The minimum Gasteiger partial charge on any atom is -0.495 e. The van der Waals surface area contributed by atoms with Crippen LogP contribution in [0.5, 0.6) is 5.75 Å². The molecule has 1 aliphatic rings. The second-order valence-electron chi connectivity index (χ2n) is 6.10. The average molecular weight is 371 g/mol. The Bertz CT molecular complexity index is 847. The third-order valence-electron chi connectivity index (χ3n) is 4.64. The normalized spacial score (nSPS) is 14.0. The molecule has 8 heteroatoms. The summed E-state index contributed by atoms with van der Waals surface area (Å²) in [6.07, 6.45) is 0. The lowest BCUT2D eigenvalue weighted by Crippen LogP contribution is -2.46. The Hall–Kier alpha value is -3.29. The molecular formula is C19H21N3O5. The predicted octanol–water partition coefficient (Wildman–Crippen LogP) is 2.72. The molecule has 27 heavy (non-hydrogen) atoms. The van der Waals surface area contributed by atoms with Gasteiger partial charge in [0.05, 0.1) is 30.4 Å². The number of anilines is 2. The van der Waals surface area contributed by atoms with Crippen molar-refractivity contribution in [3.63, 3.8) is 0 Å². The highest BCUT2D eigenvalue weighted by Gasteiger charge is 2.26. The molecule has 0 radical (unpaired) electrons. The van der Waals surface area contributed by atoms with Gasteiger partial charge < -0.3 is 19.3 Å². The van der Waals surface area contributed by atoms with Crippen LogP contribution in [0.4, 0.5) is 17.1 Å². The van der Waals surface area contributed by atoms with Crippen molar-refractivity contribution in [1.29, 1.82) is 0 Å². The van der Waals surface area contributed by atoms with Crippen LogP contribution in [0.25, 0.3) is 0 Å². The maximum Gasteiger partial charge on any atom is 0.338 e. The number of hydrogen-bond acceptors (Lipinski definition) is 7. The topological polar surface area (TPSA) is 85.2 Å². The van der Waals surface area contributed by atoms with Gasteiger partial charge in [0.2, 0.25) is 0 Å². The second-order valence-corrected chi connectivity index (χ2v) is 6.10. The number of nitro benzene ring substituents is 1. The Kier molecular flexibility index (Phi) is 5.44. The smallest absolute Gasteiger partial charge is 0.338 e. The van der Waals surface area contributed by atoms with Crippen molar-refractivity contribution in [2.45, 2.75) is 0 Å². The first kappa shape index (κ1) is 18.5. The van der Waals surface area contributed by atoms with Crippen LogP contribution in [0.15, 0.2) is 42.5 Å². The lowest BCUT2D eigenvalue weighted by molar-refractivity contribution is -0.384. The van der Waals surface area contributed by atoms with Crippen LogP contribution in [0, 0.1) is 10.1 Å². The first-order valence-corrected chi connectivity index (χ1v) is 8.55. The molecule has 2 aromatic carbocycles. The van der Waals surface area contributed by atoms with Crippen molar-refractivity contribution < 1.29 is 19.2 Å². The Balaban J connectivity index is 1.79. The molecule has 3 rings (SSSR count). The molecule has 1 saturated heterocycles. The van der Waals surface area contributed by atoms with Crippen molar-refractivity contribution in [3.05, 3.63) is 58.1 Å². The first-order valence-electron chi connectivity index (χ1n) is 8.55. The molecule has 1 heterocycles. The molecule has 142 valence electrons. The van der Waals surface area contributed by atoms with Gasteiger partial charge in [-0.2, -0.15) is 0 Å². The summed E-state index contributed by atoms with van der Waals surface area (Å²) in [7, 11) is 2.89. The van der Waals surface area contributed by atoms with Crippen LogP contribution in [0.2, 0.25) is 0 Å². The Morgan fingerprint density at radius 1 is 1.00 bits per heavy atom. The highest BCUT2D eigenvalue weighted by Crippen LogP contribution is 2.33. The van der Waals surface area contributed by atoms with E-state index in [1.807, 2.05) is 29.2 Å². The molecule has 1 fully saturated rings. The van der Waals surface area contributed by atoms with Gasteiger partial charge in [0.25, 0.3) is 5.69 Å². The number of nitro groups is 1. The molecule has 2 aromatic rings. The Morgan fingerprint density at radius 2 is 1.63 bits per heavy atom. The summed E-state index contributed by atoms with van der Waals surface area (Å²) in [5.41, 5.74) is 1.59. The van der Waals surface area contributed by atoms with Crippen LogP contribution in [0.1, 0.15) is 10.4 Å². The minimum atomic E-state index is -0.592. The summed E-state index contributed by atoms with van der Waals surface area (Å²) >= 11 is 0. The van der Waals surface area contributed by atoms with Gasteiger partial charge in [-0.05, 0) is 24.3 Å². The number of benzene rings is 2. The van der Waals surface area contributed by atoms with E-state index >= 15 is 0 Å². The van der Waals surface area contributed by atoms with Crippen LogP contribution >= 0.6 is 0 Å². The number of ether oxygens (including phenoxy) is 2. The van der Waals surface area contributed by atoms with Crippen LogP contribution in [0.3, 0.4) is 0 Å². The van der Waals surface area contributed by atoms with E-state index in [0.29, 0.717) is 31.9 Å². The van der Waals surface area contributed by atoms with Crippen molar-refractivity contribution in [3.8, 4) is 5.75 Å². The molecule has 0 spiro atoms. The van der Waals surface area contributed by atoms with Gasteiger partial charge >= 0.3 is 5.97 Å². The van der Waals surface area contributed by atoms with E-state index in [1.165, 1.54) is 13.2 Å². The molecule has 0 bridgehead atoms. The van der Waals surface area contributed by atoms with E-state index in [1.54, 1.807) is 19.2 Å². The number of para-hydroxylation sites is 2. The predicted molar refractivity (Wildman–Crippen MR) is 102 cm³/mol. The summed E-state index contributed by atoms with van der Waals surface area (Å²) in [5.74, 6) is 0.213. The molecular weight excluding hydrogens is 350 g/mol. The molecule has 0 amide bonds. The van der Waals surface area contributed by atoms with Crippen LogP contribution < -0.4 is 14.5 Å². The second kappa shape index (κ2) is 7.94. The van der Waals surface area contributed by atoms with Gasteiger partial charge in [0, 0.05) is 32.2 Å². The van der Waals surface area contributed by atoms with Crippen molar-refractivity contribution in [2.24, 2.45) is 0 Å². The molecule has 0 unspecified atom stereocenters. The van der Waals surface area contributed by atoms with Gasteiger partial charge in [-0.3, -0.25) is 10.1 Å². The maximum atomic E-state index is 11.7. The SMILES string of the molecule is COC(=O)c1ccc(N2CCN(c3ccccc3OC)CC2)c([N+](=O)[O-])c1. The standard InChI is InChI=1S/C19H21N3O5/c1-26-18-6-4-3-5-16(18)21-11-9-20(10-12-21)15-8-7-14(19(23)27-2)13-17(15)22(24)25/h3-8,13H,9-12H2,1-2H3. The van der Waals surface area contributed by atoms with E-state index in [-0.39, 0.29) is 11.3 Å². The number of carbonyl (C=O) groups is 1. The van der Waals surface area contributed by atoms with E-state index < -0.39 is 10.9 Å². The highest BCUT2D eigenvalue weighted by molar-refractivity contribution is 5.91. The summed E-state index contributed by atoms with van der Waals surface area (Å²) < 4.78 is 10.1. The number of methoxy groups -OCH3 is 2. The van der Waals surface area contributed by atoms with Crippen LogP contribution in [-0.2, 0) is 4.74 Å². The van der Waals surface area contributed by atoms with E-state index in [2.05, 4.69) is 9.64 Å². The molecule has 8 nitrogen and oxygen atoms in total. The molecule has 0 N–H and O–H groups in total. The van der Waals surface area contributed by atoms with Gasteiger partial charge in [-0.25, -0.2) is 4.79 Å². The molecule has 0 saturated carbocycles. The lowest BCUT2D eigenvalue weighted by atomic mass is 10.1. The number of piperazine rings is 1. The summed E-state index contributed by atoms with van der Waals surface area (Å²) in [6.45, 7) is 2.65. The fraction of sp³-hybridized carbons (Fsp3) is 0.316. The number of rotatable bonds is 5. The first-order chi connectivity index (χ1) is 13.0. The van der Waals surface area contributed by atoms with Gasteiger partial charge in [0.1, 0.15) is 11.4 Å². The third-order valence-corrected chi connectivity index (χ3v) is 4.64. The molecule has 0 aromatic heterocycles. The average Bonchev–Trinajstić information content (AvgIpc) is 2.72. The number of carbonyl (C=O) groups excluding carboxylic acids is 1. The fourth-order valence-electron chi connectivity index (χ4n) is 3.26. The number of hydrogen-bond donors (Lipinski definition) is 0. The van der Waals surface area contributed by atoms with Crippen molar-refractivity contribution in [1.82, 2.24) is 0 Å². The van der Waals surface area contributed by atoms with Crippen molar-refractivity contribution in [2.75, 3.05) is 50.2 Å².